The summed E-state index contributed by atoms with van der Waals surface area (Å²) in [6, 6.07) is 9.85. The minimum Gasteiger partial charge on any atom is -0.371 e. The van der Waals surface area contributed by atoms with Crippen LogP contribution in [0.2, 0.25) is 0 Å². The summed E-state index contributed by atoms with van der Waals surface area (Å²) in [6.07, 6.45) is 2.24. The van der Waals surface area contributed by atoms with Gasteiger partial charge in [0.25, 0.3) is 5.91 Å². The lowest BCUT2D eigenvalue weighted by Gasteiger charge is -2.19. The Kier molecular flexibility index (Phi) is 4.04. The van der Waals surface area contributed by atoms with Crippen molar-refractivity contribution in [2.24, 2.45) is 0 Å². The standard InChI is InChI=1S/C17H16F2N2O/c18-13-5-3-12(4-6-13)17(22)20-16-11-14(7-8-15(16)19)21-9-1-2-10-21/h3-8,11H,1-2,9-10H2,(H,20,22). The van der Waals surface area contributed by atoms with Crippen molar-refractivity contribution < 1.29 is 13.6 Å². The molecule has 2 aromatic carbocycles. The minimum absolute atomic E-state index is 0.138. The van der Waals surface area contributed by atoms with Crippen LogP contribution in [0.4, 0.5) is 20.2 Å². The fourth-order valence-electron chi connectivity index (χ4n) is 2.58. The minimum atomic E-state index is -0.488. The Hall–Kier alpha value is -2.43. The zero-order valence-corrected chi connectivity index (χ0v) is 12.0. The molecule has 0 radical (unpaired) electrons. The van der Waals surface area contributed by atoms with Gasteiger partial charge in [0.2, 0.25) is 0 Å². The van der Waals surface area contributed by atoms with Gasteiger partial charge >= 0.3 is 0 Å². The van der Waals surface area contributed by atoms with E-state index in [0.717, 1.165) is 31.6 Å². The lowest BCUT2D eigenvalue weighted by molar-refractivity contribution is 0.102. The van der Waals surface area contributed by atoms with E-state index in [1.807, 2.05) is 0 Å². The number of hydrogen-bond donors (Lipinski definition) is 1. The Morgan fingerprint density at radius 3 is 2.36 bits per heavy atom. The molecule has 22 heavy (non-hydrogen) atoms. The number of carbonyl (C=O) groups is 1. The number of nitrogens with one attached hydrogen (secondary N) is 1. The molecule has 1 fully saturated rings. The van der Waals surface area contributed by atoms with E-state index in [0.29, 0.717) is 0 Å². The molecule has 3 nitrogen and oxygen atoms in total. The topological polar surface area (TPSA) is 32.3 Å². The Bertz CT molecular complexity index is 680. The maximum atomic E-state index is 13.9. The van der Waals surface area contributed by atoms with Crippen LogP contribution in [0, 0.1) is 11.6 Å². The van der Waals surface area contributed by atoms with Crippen LogP contribution in [-0.4, -0.2) is 19.0 Å². The third kappa shape index (κ3) is 3.08. The first-order valence-corrected chi connectivity index (χ1v) is 7.25. The Balaban J connectivity index is 1.80. The summed E-state index contributed by atoms with van der Waals surface area (Å²) in [7, 11) is 0. The second-order valence-corrected chi connectivity index (χ2v) is 5.32. The van der Waals surface area contributed by atoms with E-state index in [4.69, 9.17) is 0 Å². The fraction of sp³-hybridized carbons (Fsp3) is 0.235. The molecule has 114 valence electrons. The van der Waals surface area contributed by atoms with Crippen LogP contribution in [-0.2, 0) is 0 Å². The first-order chi connectivity index (χ1) is 10.6. The third-order valence-electron chi connectivity index (χ3n) is 3.78. The van der Waals surface area contributed by atoms with Gasteiger partial charge in [-0.1, -0.05) is 0 Å². The van der Waals surface area contributed by atoms with Crippen molar-refractivity contribution in [3.8, 4) is 0 Å². The predicted octanol–water partition coefficient (Wildman–Crippen LogP) is 3.82. The van der Waals surface area contributed by atoms with Crippen LogP contribution in [0.5, 0.6) is 0 Å². The van der Waals surface area contributed by atoms with Crippen molar-refractivity contribution in [1.29, 1.82) is 0 Å². The summed E-state index contributed by atoms with van der Waals surface area (Å²) in [5, 5.41) is 2.55. The number of benzene rings is 2. The van der Waals surface area contributed by atoms with Crippen LogP contribution >= 0.6 is 0 Å². The second kappa shape index (κ2) is 6.13. The van der Waals surface area contributed by atoms with Gasteiger partial charge in [-0.05, 0) is 55.3 Å². The zero-order chi connectivity index (χ0) is 15.5. The van der Waals surface area contributed by atoms with Gasteiger partial charge in [-0.2, -0.15) is 0 Å². The van der Waals surface area contributed by atoms with Gasteiger partial charge in [-0.15, -0.1) is 0 Å². The maximum Gasteiger partial charge on any atom is 0.255 e. The molecule has 1 aliphatic heterocycles. The molecule has 2 aromatic rings. The molecule has 5 heteroatoms. The second-order valence-electron chi connectivity index (χ2n) is 5.32. The number of halogens is 2. The molecule has 1 heterocycles. The quantitative estimate of drug-likeness (QED) is 0.935. The summed E-state index contributed by atoms with van der Waals surface area (Å²) in [5.74, 6) is -1.37. The highest BCUT2D eigenvalue weighted by Crippen LogP contribution is 2.26. The molecule has 0 spiro atoms. The van der Waals surface area contributed by atoms with Gasteiger partial charge in [-0.3, -0.25) is 4.79 Å². The summed E-state index contributed by atoms with van der Waals surface area (Å²) < 4.78 is 26.8. The summed E-state index contributed by atoms with van der Waals surface area (Å²) in [6.45, 7) is 1.88. The molecule has 1 saturated heterocycles. The molecular formula is C17H16F2N2O. The van der Waals surface area contributed by atoms with E-state index in [1.54, 1.807) is 12.1 Å². The van der Waals surface area contributed by atoms with E-state index in [9.17, 15) is 13.6 Å². The number of anilines is 2. The highest BCUT2D eigenvalue weighted by molar-refractivity contribution is 6.04. The number of hydrogen-bond acceptors (Lipinski definition) is 2. The molecule has 1 amide bonds. The van der Waals surface area contributed by atoms with E-state index in [2.05, 4.69) is 10.2 Å². The lowest BCUT2D eigenvalue weighted by Crippen LogP contribution is -2.18. The van der Waals surface area contributed by atoms with Crippen molar-refractivity contribution in [1.82, 2.24) is 0 Å². The van der Waals surface area contributed by atoms with Gasteiger partial charge in [0.15, 0.2) is 0 Å². The highest BCUT2D eigenvalue weighted by atomic mass is 19.1. The molecule has 0 saturated carbocycles. The number of amides is 1. The third-order valence-corrected chi connectivity index (χ3v) is 3.78. The van der Waals surface area contributed by atoms with Crippen LogP contribution in [0.15, 0.2) is 42.5 Å². The normalized spacial score (nSPS) is 14.2. The molecule has 0 atom stereocenters. The van der Waals surface area contributed by atoms with E-state index >= 15 is 0 Å². The lowest BCUT2D eigenvalue weighted by atomic mass is 10.2. The molecule has 3 rings (SSSR count). The molecule has 1 N–H and O–H groups in total. The first-order valence-electron chi connectivity index (χ1n) is 7.25. The number of carbonyl (C=O) groups excluding carboxylic acids is 1. The average Bonchev–Trinajstić information content (AvgIpc) is 3.04. The Morgan fingerprint density at radius 1 is 1.00 bits per heavy atom. The fourth-order valence-corrected chi connectivity index (χ4v) is 2.58. The summed E-state index contributed by atoms with van der Waals surface area (Å²) in [4.78, 5) is 14.3. The number of nitrogens with zero attached hydrogens (tertiary/aromatic N) is 1. The largest absolute Gasteiger partial charge is 0.371 e. The van der Waals surface area contributed by atoms with Gasteiger partial charge in [-0.25, -0.2) is 8.78 Å². The van der Waals surface area contributed by atoms with E-state index < -0.39 is 17.5 Å². The van der Waals surface area contributed by atoms with E-state index in [1.165, 1.54) is 30.3 Å². The molecule has 1 aliphatic rings. The van der Waals surface area contributed by atoms with Gasteiger partial charge in [0, 0.05) is 24.3 Å². The number of rotatable bonds is 3. The summed E-state index contributed by atoms with van der Waals surface area (Å²) in [5.41, 5.74) is 1.32. The SMILES string of the molecule is O=C(Nc1cc(N2CCCC2)ccc1F)c1ccc(F)cc1. The molecule has 0 unspecified atom stereocenters. The van der Waals surface area contributed by atoms with Crippen molar-refractivity contribution >= 4 is 17.3 Å². The van der Waals surface area contributed by atoms with Crippen LogP contribution < -0.4 is 10.2 Å². The Morgan fingerprint density at radius 2 is 1.68 bits per heavy atom. The van der Waals surface area contributed by atoms with Crippen molar-refractivity contribution in [3.05, 3.63) is 59.7 Å². The average molecular weight is 302 g/mol. The smallest absolute Gasteiger partial charge is 0.255 e. The maximum absolute atomic E-state index is 13.9. The monoisotopic (exact) mass is 302 g/mol. The Labute approximate surface area is 127 Å². The zero-order valence-electron chi connectivity index (χ0n) is 12.0. The van der Waals surface area contributed by atoms with Crippen molar-refractivity contribution in [2.75, 3.05) is 23.3 Å². The summed E-state index contributed by atoms with van der Waals surface area (Å²) >= 11 is 0. The predicted molar refractivity (Wildman–Crippen MR) is 82.2 cm³/mol. The van der Waals surface area contributed by atoms with Crippen LogP contribution in [0.25, 0.3) is 0 Å². The van der Waals surface area contributed by atoms with E-state index in [-0.39, 0.29) is 11.3 Å². The van der Waals surface area contributed by atoms with Crippen LogP contribution in [0.1, 0.15) is 23.2 Å². The molecule has 0 bridgehead atoms. The van der Waals surface area contributed by atoms with Gasteiger partial charge in [0.05, 0.1) is 5.69 Å². The van der Waals surface area contributed by atoms with Crippen molar-refractivity contribution in [2.45, 2.75) is 12.8 Å². The molecule has 0 aromatic heterocycles. The van der Waals surface area contributed by atoms with Crippen molar-refractivity contribution in [3.63, 3.8) is 0 Å². The van der Waals surface area contributed by atoms with Gasteiger partial charge in [0.1, 0.15) is 11.6 Å². The van der Waals surface area contributed by atoms with Crippen LogP contribution in [0.3, 0.4) is 0 Å². The molecule has 0 aliphatic carbocycles. The molecular weight excluding hydrogens is 286 g/mol. The first kappa shape index (κ1) is 14.5. The van der Waals surface area contributed by atoms with Gasteiger partial charge < -0.3 is 10.2 Å². The highest BCUT2D eigenvalue weighted by Gasteiger charge is 2.15.